The van der Waals surface area contributed by atoms with Gasteiger partial charge in [0.1, 0.15) is 5.75 Å². The molecule has 6 nitrogen and oxygen atoms in total. The number of hydrogen-bond donors (Lipinski definition) is 2. The van der Waals surface area contributed by atoms with Gasteiger partial charge in [0.25, 0.3) is 10.1 Å². The van der Waals surface area contributed by atoms with Crippen LogP contribution in [0.5, 0.6) is 5.75 Å². The third-order valence-electron chi connectivity index (χ3n) is 3.07. The molecule has 0 fully saturated rings. The van der Waals surface area contributed by atoms with Crippen molar-refractivity contribution >= 4 is 32.5 Å². The van der Waals surface area contributed by atoms with E-state index in [1.165, 1.54) is 31.0 Å². The summed E-state index contributed by atoms with van der Waals surface area (Å²) in [5, 5.41) is 11.0. The Kier molecular flexibility index (Phi) is 3.41. The molecule has 2 aromatic rings. The largest absolute Gasteiger partial charge is 0.505 e. The average Bonchev–Trinajstić information content (AvgIpc) is 2.37. The van der Waals surface area contributed by atoms with Crippen LogP contribution < -0.4 is 4.90 Å². The van der Waals surface area contributed by atoms with Crippen molar-refractivity contribution in [3.05, 3.63) is 30.3 Å². The van der Waals surface area contributed by atoms with Gasteiger partial charge in [-0.2, -0.15) is 8.42 Å². The van der Waals surface area contributed by atoms with E-state index in [2.05, 4.69) is 0 Å². The molecule has 0 saturated carbocycles. The number of anilines is 1. The molecule has 2 rings (SSSR count). The summed E-state index contributed by atoms with van der Waals surface area (Å²) in [6.07, 6.45) is 0. The topological polar surface area (TPSA) is 94.9 Å². The Bertz CT molecular complexity index is 798. The maximum atomic E-state index is 11.3. The van der Waals surface area contributed by atoms with Crippen LogP contribution in [0.25, 0.3) is 10.8 Å². The molecule has 0 aliphatic rings. The highest BCUT2D eigenvalue weighted by atomic mass is 32.2. The minimum atomic E-state index is -4.35. The molecule has 1 amide bonds. The maximum Gasteiger partial charge on any atom is 0.294 e. The van der Waals surface area contributed by atoms with E-state index in [0.29, 0.717) is 5.39 Å². The molecule has 0 saturated heterocycles. The van der Waals surface area contributed by atoms with Crippen molar-refractivity contribution in [2.24, 2.45) is 0 Å². The fourth-order valence-corrected chi connectivity index (χ4v) is 2.38. The van der Waals surface area contributed by atoms with Crippen LogP contribution in [-0.4, -0.2) is 31.0 Å². The Hall–Kier alpha value is -2.12. The van der Waals surface area contributed by atoms with Gasteiger partial charge in [0.2, 0.25) is 5.91 Å². The number of phenols is 1. The van der Waals surface area contributed by atoms with Crippen LogP contribution in [0.3, 0.4) is 0 Å². The predicted molar refractivity (Wildman–Crippen MR) is 74.5 cm³/mol. The molecule has 106 valence electrons. The molecule has 0 aromatic heterocycles. The van der Waals surface area contributed by atoms with Gasteiger partial charge in [-0.1, -0.05) is 12.1 Å². The molecule has 0 spiro atoms. The molecule has 2 N–H and O–H groups in total. The van der Waals surface area contributed by atoms with Gasteiger partial charge in [0.05, 0.1) is 10.6 Å². The van der Waals surface area contributed by atoms with Crippen LogP contribution in [0.4, 0.5) is 5.69 Å². The molecule has 0 heterocycles. The first-order chi connectivity index (χ1) is 9.21. The van der Waals surface area contributed by atoms with E-state index in [0.717, 1.165) is 6.07 Å². The normalized spacial score (nSPS) is 11.6. The molecule has 0 unspecified atom stereocenters. The summed E-state index contributed by atoms with van der Waals surface area (Å²) in [6.45, 7) is 1.35. The van der Waals surface area contributed by atoms with Crippen LogP contribution in [0.2, 0.25) is 0 Å². The molecule has 0 aliphatic heterocycles. The second kappa shape index (κ2) is 4.77. The lowest BCUT2D eigenvalue weighted by Gasteiger charge is -2.17. The second-order valence-corrected chi connectivity index (χ2v) is 5.79. The van der Waals surface area contributed by atoms with Crippen molar-refractivity contribution in [2.45, 2.75) is 11.8 Å². The summed E-state index contributed by atoms with van der Waals surface area (Å²) < 4.78 is 31.3. The monoisotopic (exact) mass is 295 g/mol. The van der Waals surface area contributed by atoms with Gasteiger partial charge >= 0.3 is 0 Å². The third-order valence-corrected chi connectivity index (χ3v) is 3.92. The number of hydrogen-bond acceptors (Lipinski definition) is 4. The standard InChI is InChI=1S/C13H13NO5S/c1-8(15)14(2)12-6-4-9-3-5-10(20(17,18)19)7-11(9)13(12)16/h3-7,16H,1-2H3,(H,17,18,19). The minimum Gasteiger partial charge on any atom is -0.505 e. The third kappa shape index (κ3) is 2.45. The second-order valence-electron chi connectivity index (χ2n) is 4.37. The number of carbonyl (C=O) groups is 1. The number of nitrogens with zero attached hydrogens (tertiary/aromatic N) is 1. The van der Waals surface area contributed by atoms with Gasteiger partial charge in [0.15, 0.2) is 0 Å². The summed E-state index contributed by atoms with van der Waals surface area (Å²) in [4.78, 5) is 12.3. The van der Waals surface area contributed by atoms with Crippen molar-refractivity contribution in [1.29, 1.82) is 0 Å². The van der Waals surface area contributed by atoms with Gasteiger partial charge in [-0.3, -0.25) is 9.35 Å². The van der Waals surface area contributed by atoms with Gasteiger partial charge in [-0.25, -0.2) is 0 Å². The highest BCUT2D eigenvalue weighted by Crippen LogP contribution is 2.35. The zero-order valence-electron chi connectivity index (χ0n) is 10.9. The highest BCUT2D eigenvalue weighted by molar-refractivity contribution is 7.85. The zero-order valence-corrected chi connectivity index (χ0v) is 11.7. The van der Waals surface area contributed by atoms with Gasteiger partial charge in [0, 0.05) is 19.4 Å². The summed E-state index contributed by atoms with van der Waals surface area (Å²) in [6, 6.07) is 7.09. The van der Waals surface area contributed by atoms with Crippen molar-refractivity contribution in [3.8, 4) is 5.75 Å². The molecule has 0 atom stereocenters. The highest BCUT2D eigenvalue weighted by Gasteiger charge is 2.16. The molecular weight excluding hydrogens is 282 g/mol. The molecule has 0 aliphatic carbocycles. The summed E-state index contributed by atoms with van der Waals surface area (Å²) in [5.41, 5.74) is 0.262. The Balaban J connectivity index is 2.74. The SMILES string of the molecule is CC(=O)N(C)c1ccc2ccc(S(=O)(=O)O)cc2c1O. The number of fused-ring (bicyclic) bond motifs is 1. The number of benzene rings is 2. The number of phenolic OH excluding ortho intramolecular Hbond substituents is 1. The summed E-state index contributed by atoms with van der Waals surface area (Å²) in [7, 11) is -2.86. The van der Waals surface area contributed by atoms with Crippen LogP contribution in [0.1, 0.15) is 6.92 Å². The van der Waals surface area contributed by atoms with E-state index in [1.54, 1.807) is 12.1 Å². The first-order valence-electron chi connectivity index (χ1n) is 5.69. The Morgan fingerprint density at radius 3 is 2.35 bits per heavy atom. The first-order valence-corrected chi connectivity index (χ1v) is 7.13. The Labute approximate surface area is 116 Å². The molecular formula is C13H13NO5S. The molecule has 0 radical (unpaired) electrons. The minimum absolute atomic E-state index is 0.217. The van der Waals surface area contributed by atoms with Crippen LogP contribution in [-0.2, 0) is 14.9 Å². The Morgan fingerprint density at radius 2 is 1.80 bits per heavy atom. The predicted octanol–water partition coefficient (Wildman–Crippen LogP) is 1.77. The van der Waals surface area contributed by atoms with Crippen molar-refractivity contribution < 1.29 is 22.9 Å². The lowest BCUT2D eigenvalue weighted by atomic mass is 10.1. The van der Waals surface area contributed by atoms with Crippen molar-refractivity contribution in [1.82, 2.24) is 0 Å². The van der Waals surface area contributed by atoms with Crippen LogP contribution in [0.15, 0.2) is 35.2 Å². The quantitative estimate of drug-likeness (QED) is 0.823. The fourth-order valence-electron chi connectivity index (χ4n) is 1.87. The number of aromatic hydroxyl groups is 1. The van der Waals surface area contributed by atoms with E-state index < -0.39 is 10.1 Å². The number of carbonyl (C=O) groups excluding carboxylic acids is 1. The van der Waals surface area contributed by atoms with E-state index in [9.17, 15) is 18.3 Å². The number of rotatable bonds is 2. The van der Waals surface area contributed by atoms with Crippen molar-refractivity contribution in [3.63, 3.8) is 0 Å². The molecule has 0 bridgehead atoms. The van der Waals surface area contributed by atoms with E-state index >= 15 is 0 Å². The van der Waals surface area contributed by atoms with E-state index in [-0.39, 0.29) is 27.6 Å². The molecule has 7 heteroatoms. The van der Waals surface area contributed by atoms with Crippen molar-refractivity contribution in [2.75, 3.05) is 11.9 Å². The number of amides is 1. The van der Waals surface area contributed by atoms with E-state index in [4.69, 9.17) is 4.55 Å². The van der Waals surface area contributed by atoms with Gasteiger partial charge < -0.3 is 10.0 Å². The Morgan fingerprint density at radius 1 is 1.20 bits per heavy atom. The summed E-state index contributed by atoms with van der Waals surface area (Å²) >= 11 is 0. The lowest BCUT2D eigenvalue weighted by Crippen LogP contribution is -2.22. The van der Waals surface area contributed by atoms with E-state index in [1.807, 2.05) is 0 Å². The smallest absolute Gasteiger partial charge is 0.294 e. The van der Waals surface area contributed by atoms with Crippen LogP contribution in [0, 0.1) is 0 Å². The molecule has 2 aromatic carbocycles. The first kappa shape index (κ1) is 14.3. The average molecular weight is 295 g/mol. The van der Waals surface area contributed by atoms with Crippen LogP contribution >= 0.6 is 0 Å². The zero-order chi connectivity index (χ0) is 15.1. The molecule has 20 heavy (non-hydrogen) atoms. The fraction of sp³-hybridized carbons (Fsp3) is 0.154. The van der Waals surface area contributed by atoms with Gasteiger partial charge in [-0.15, -0.1) is 0 Å². The summed E-state index contributed by atoms with van der Waals surface area (Å²) in [5.74, 6) is -0.490. The lowest BCUT2D eigenvalue weighted by molar-refractivity contribution is -0.116. The maximum absolute atomic E-state index is 11.3. The van der Waals surface area contributed by atoms with Gasteiger partial charge in [-0.05, 0) is 23.6 Å².